The first-order valence-electron chi connectivity index (χ1n) is 7.02. The van der Waals surface area contributed by atoms with Crippen LogP contribution in [0, 0.1) is 5.92 Å². The van der Waals surface area contributed by atoms with Gasteiger partial charge in [-0.3, -0.25) is 10.6 Å². The van der Waals surface area contributed by atoms with Gasteiger partial charge in [0.2, 0.25) is 6.41 Å². The zero-order valence-corrected chi connectivity index (χ0v) is 13.4. The summed E-state index contributed by atoms with van der Waals surface area (Å²) >= 11 is 0. The molecular weight excluding hydrogens is 244 g/mol. The fraction of sp³-hybridized carbons (Fsp3) is 1.00. The van der Waals surface area contributed by atoms with E-state index in [0.29, 0.717) is 12.6 Å². The Labute approximate surface area is 118 Å². The minimum atomic E-state index is -0.334. The van der Waals surface area contributed by atoms with Crippen LogP contribution in [0.1, 0.15) is 40.5 Å². The number of nitrogens with one attached hydrogen (secondary N) is 2. The standard InChI is InChI=1S/C14H32N2O3/c1-12(7-9-15-11-17-5)8-10-16-13(18-6)19-14(2,3)4/h12-13,15-16H,7-11H2,1-6H3/t12-,13+/m0/s1. The smallest absolute Gasteiger partial charge is 0.216 e. The van der Waals surface area contributed by atoms with E-state index in [1.807, 2.05) is 20.8 Å². The van der Waals surface area contributed by atoms with Gasteiger partial charge in [-0.25, -0.2) is 0 Å². The van der Waals surface area contributed by atoms with E-state index in [0.717, 1.165) is 25.9 Å². The summed E-state index contributed by atoms with van der Waals surface area (Å²) in [5, 5.41) is 6.48. The van der Waals surface area contributed by atoms with E-state index in [1.54, 1.807) is 14.2 Å². The summed E-state index contributed by atoms with van der Waals surface area (Å²) in [4.78, 5) is 0. The number of hydrogen-bond donors (Lipinski definition) is 2. The van der Waals surface area contributed by atoms with Gasteiger partial charge in [0.25, 0.3) is 0 Å². The van der Waals surface area contributed by atoms with Gasteiger partial charge in [0.1, 0.15) is 0 Å². The molecule has 0 rings (SSSR count). The summed E-state index contributed by atoms with van der Waals surface area (Å²) in [5.41, 5.74) is -0.205. The molecule has 0 aliphatic heterocycles. The second-order valence-electron chi connectivity index (χ2n) is 5.87. The maximum atomic E-state index is 5.72. The molecule has 0 bridgehead atoms. The number of ether oxygens (including phenoxy) is 3. The first-order valence-corrected chi connectivity index (χ1v) is 7.02. The second-order valence-corrected chi connectivity index (χ2v) is 5.87. The van der Waals surface area contributed by atoms with Gasteiger partial charge in [-0.15, -0.1) is 0 Å². The first kappa shape index (κ1) is 18.8. The lowest BCUT2D eigenvalue weighted by Gasteiger charge is -2.27. The molecule has 2 N–H and O–H groups in total. The molecular formula is C14H32N2O3. The van der Waals surface area contributed by atoms with E-state index < -0.39 is 0 Å². The van der Waals surface area contributed by atoms with Gasteiger partial charge in [-0.1, -0.05) is 6.92 Å². The fourth-order valence-corrected chi connectivity index (χ4v) is 1.61. The van der Waals surface area contributed by atoms with Crippen LogP contribution < -0.4 is 10.6 Å². The average Bonchev–Trinajstić information content (AvgIpc) is 2.32. The van der Waals surface area contributed by atoms with Gasteiger partial charge >= 0.3 is 0 Å². The second kappa shape index (κ2) is 10.6. The Balaban J connectivity index is 3.63. The highest BCUT2D eigenvalue weighted by Gasteiger charge is 2.17. The van der Waals surface area contributed by atoms with E-state index in [4.69, 9.17) is 14.2 Å². The quantitative estimate of drug-likeness (QED) is 0.446. The zero-order valence-electron chi connectivity index (χ0n) is 13.4. The largest absolute Gasteiger partial charge is 0.370 e. The van der Waals surface area contributed by atoms with Crippen LogP contribution in [0.15, 0.2) is 0 Å². The van der Waals surface area contributed by atoms with Crippen molar-refractivity contribution < 1.29 is 14.2 Å². The Hall–Kier alpha value is -0.200. The molecule has 5 heteroatoms. The molecule has 0 aliphatic rings. The van der Waals surface area contributed by atoms with Gasteiger partial charge in [0.05, 0.1) is 12.3 Å². The third kappa shape index (κ3) is 12.6. The molecule has 0 aliphatic carbocycles. The van der Waals surface area contributed by atoms with Crippen LogP contribution >= 0.6 is 0 Å². The molecule has 5 nitrogen and oxygen atoms in total. The van der Waals surface area contributed by atoms with E-state index in [9.17, 15) is 0 Å². The SMILES string of the molecule is COCNCC[C@H](C)CCN[C@H](OC)OC(C)(C)C. The highest BCUT2D eigenvalue weighted by atomic mass is 16.7. The third-order valence-corrected chi connectivity index (χ3v) is 2.68. The van der Waals surface area contributed by atoms with E-state index in [1.165, 1.54) is 0 Å². The van der Waals surface area contributed by atoms with Gasteiger partial charge in [0, 0.05) is 20.8 Å². The van der Waals surface area contributed by atoms with Crippen LogP contribution in [0.5, 0.6) is 0 Å². The average molecular weight is 276 g/mol. The summed E-state index contributed by atoms with van der Waals surface area (Å²) in [5.74, 6) is 0.656. The van der Waals surface area contributed by atoms with E-state index in [-0.39, 0.29) is 12.0 Å². The maximum Gasteiger partial charge on any atom is 0.216 e. The van der Waals surface area contributed by atoms with Gasteiger partial charge < -0.3 is 14.2 Å². The van der Waals surface area contributed by atoms with Crippen molar-refractivity contribution in [1.29, 1.82) is 0 Å². The van der Waals surface area contributed by atoms with Crippen molar-refractivity contribution in [1.82, 2.24) is 10.6 Å². The van der Waals surface area contributed by atoms with E-state index >= 15 is 0 Å². The summed E-state index contributed by atoms with van der Waals surface area (Å²) in [6.07, 6.45) is 1.91. The van der Waals surface area contributed by atoms with Gasteiger partial charge in [-0.2, -0.15) is 0 Å². The molecule has 0 radical (unpaired) electrons. The molecule has 0 aromatic rings. The number of methoxy groups -OCH3 is 2. The minimum Gasteiger partial charge on any atom is -0.370 e. The fourth-order valence-electron chi connectivity index (χ4n) is 1.61. The third-order valence-electron chi connectivity index (χ3n) is 2.68. The molecule has 116 valence electrons. The molecule has 0 saturated heterocycles. The summed E-state index contributed by atoms with van der Waals surface area (Å²) in [6, 6.07) is 0. The van der Waals surface area contributed by atoms with Crippen molar-refractivity contribution in [3.05, 3.63) is 0 Å². The number of rotatable bonds is 11. The summed E-state index contributed by atoms with van der Waals surface area (Å²) in [6.45, 7) is 10.8. The Morgan fingerprint density at radius 2 is 1.68 bits per heavy atom. The first-order chi connectivity index (χ1) is 8.89. The van der Waals surface area contributed by atoms with Crippen LogP contribution in [0.3, 0.4) is 0 Å². The molecule has 0 saturated carbocycles. The molecule has 0 aromatic heterocycles. The minimum absolute atomic E-state index is 0.205. The Bertz CT molecular complexity index is 207. The summed E-state index contributed by atoms with van der Waals surface area (Å²) in [7, 11) is 3.35. The normalized spacial score (nSPS) is 15.5. The summed E-state index contributed by atoms with van der Waals surface area (Å²) < 4.78 is 15.9. The van der Waals surface area contributed by atoms with Crippen molar-refractivity contribution in [2.24, 2.45) is 5.92 Å². The van der Waals surface area contributed by atoms with Crippen LogP contribution in [0.2, 0.25) is 0 Å². The van der Waals surface area contributed by atoms with Crippen molar-refractivity contribution in [3.8, 4) is 0 Å². The molecule has 0 fully saturated rings. The van der Waals surface area contributed by atoms with Gasteiger partial charge in [0.15, 0.2) is 0 Å². The van der Waals surface area contributed by atoms with Crippen LogP contribution in [-0.4, -0.2) is 46.1 Å². The monoisotopic (exact) mass is 276 g/mol. The maximum absolute atomic E-state index is 5.72. The molecule has 0 aromatic carbocycles. The molecule has 0 spiro atoms. The Morgan fingerprint density at radius 1 is 1.05 bits per heavy atom. The van der Waals surface area contributed by atoms with Crippen LogP contribution in [0.25, 0.3) is 0 Å². The van der Waals surface area contributed by atoms with Crippen molar-refractivity contribution in [2.45, 2.75) is 52.6 Å². The Kier molecular flexibility index (Phi) is 10.5. The molecule has 2 atom stereocenters. The van der Waals surface area contributed by atoms with Crippen molar-refractivity contribution in [3.63, 3.8) is 0 Å². The van der Waals surface area contributed by atoms with Crippen molar-refractivity contribution in [2.75, 3.05) is 34.0 Å². The molecule has 19 heavy (non-hydrogen) atoms. The molecule has 0 heterocycles. The lowest BCUT2D eigenvalue weighted by atomic mass is 10.0. The van der Waals surface area contributed by atoms with E-state index in [2.05, 4.69) is 17.6 Å². The lowest BCUT2D eigenvalue weighted by molar-refractivity contribution is -0.197. The van der Waals surface area contributed by atoms with Gasteiger partial charge in [-0.05, 0) is 46.1 Å². The zero-order chi connectivity index (χ0) is 14.7. The van der Waals surface area contributed by atoms with Crippen LogP contribution in [0.4, 0.5) is 0 Å². The Morgan fingerprint density at radius 3 is 2.21 bits per heavy atom. The van der Waals surface area contributed by atoms with Crippen molar-refractivity contribution >= 4 is 0 Å². The molecule has 0 amide bonds. The topological polar surface area (TPSA) is 51.8 Å². The molecule has 0 unspecified atom stereocenters. The predicted molar refractivity (Wildman–Crippen MR) is 77.9 cm³/mol. The predicted octanol–water partition coefficient (Wildman–Crippen LogP) is 1.93. The number of hydrogen-bond acceptors (Lipinski definition) is 5. The highest BCUT2D eigenvalue weighted by molar-refractivity contribution is 4.62. The van der Waals surface area contributed by atoms with Crippen LogP contribution in [-0.2, 0) is 14.2 Å². The lowest BCUT2D eigenvalue weighted by Crippen LogP contribution is -2.40. The highest BCUT2D eigenvalue weighted by Crippen LogP contribution is 2.10.